The summed E-state index contributed by atoms with van der Waals surface area (Å²) in [6.07, 6.45) is 0.677. The second-order valence-corrected chi connectivity index (χ2v) is 4.11. The van der Waals surface area contributed by atoms with Gasteiger partial charge in [-0.1, -0.05) is 20.3 Å². The number of hydrogen-bond donors (Lipinski definition) is 3. The van der Waals surface area contributed by atoms with Crippen LogP contribution in [-0.4, -0.2) is 33.2 Å². The largest absolute Gasteiger partial charge is 0.480 e. The minimum atomic E-state index is -1.03. The zero-order valence-electron chi connectivity index (χ0n) is 10.2. The number of carbonyl (C=O) groups is 2. The van der Waals surface area contributed by atoms with Gasteiger partial charge >= 0.3 is 5.97 Å². The topological polar surface area (TPSA) is 95.1 Å². The van der Waals surface area contributed by atoms with Crippen molar-refractivity contribution in [2.75, 3.05) is 0 Å². The maximum atomic E-state index is 11.7. The van der Waals surface area contributed by atoms with Gasteiger partial charge in [-0.2, -0.15) is 5.10 Å². The van der Waals surface area contributed by atoms with Crippen LogP contribution in [0.5, 0.6) is 0 Å². The highest BCUT2D eigenvalue weighted by molar-refractivity contribution is 5.95. The van der Waals surface area contributed by atoms with Crippen LogP contribution in [0.25, 0.3) is 0 Å². The van der Waals surface area contributed by atoms with Gasteiger partial charge in [0.2, 0.25) is 0 Å². The van der Waals surface area contributed by atoms with E-state index in [2.05, 4.69) is 15.5 Å². The van der Waals surface area contributed by atoms with Crippen molar-refractivity contribution in [3.05, 3.63) is 17.5 Å². The number of aliphatic carboxylic acids is 1. The van der Waals surface area contributed by atoms with Gasteiger partial charge in [0.15, 0.2) is 0 Å². The molecule has 0 aliphatic heterocycles. The Hall–Kier alpha value is -1.85. The van der Waals surface area contributed by atoms with Crippen molar-refractivity contribution in [2.45, 2.75) is 33.2 Å². The van der Waals surface area contributed by atoms with E-state index in [4.69, 9.17) is 5.11 Å². The molecule has 0 aliphatic rings. The second kappa shape index (κ2) is 5.47. The number of nitrogens with zero attached hydrogens (tertiary/aromatic N) is 1. The second-order valence-electron chi connectivity index (χ2n) is 4.11. The van der Waals surface area contributed by atoms with E-state index in [1.165, 1.54) is 0 Å². The molecule has 6 nitrogen and oxygen atoms in total. The predicted octanol–water partition coefficient (Wildman–Crippen LogP) is 0.947. The summed E-state index contributed by atoms with van der Waals surface area (Å²) in [6, 6.07) is 0.690. The van der Waals surface area contributed by atoms with E-state index >= 15 is 0 Å². The summed E-state index contributed by atoms with van der Waals surface area (Å²) in [4.78, 5) is 22.8. The number of aryl methyl sites for hydroxylation is 1. The van der Waals surface area contributed by atoms with Crippen LogP contribution in [-0.2, 0) is 4.79 Å². The first-order chi connectivity index (χ1) is 7.95. The van der Waals surface area contributed by atoms with Crippen LogP contribution in [0.4, 0.5) is 0 Å². The Bertz CT molecular complexity index is 414. The van der Waals surface area contributed by atoms with Gasteiger partial charge in [0, 0.05) is 5.69 Å². The van der Waals surface area contributed by atoms with Gasteiger partial charge < -0.3 is 10.4 Å². The number of H-pyrrole nitrogens is 1. The van der Waals surface area contributed by atoms with Crippen LogP contribution >= 0.6 is 0 Å². The van der Waals surface area contributed by atoms with Crippen molar-refractivity contribution in [3.63, 3.8) is 0 Å². The average molecular weight is 239 g/mol. The zero-order chi connectivity index (χ0) is 13.0. The fourth-order valence-electron chi connectivity index (χ4n) is 1.43. The van der Waals surface area contributed by atoms with Gasteiger partial charge in [-0.15, -0.1) is 0 Å². The van der Waals surface area contributed by atoms with E-state index in [0.29, 0.717) is 6.42 Å². The van der Waals surface area contributed by atoms with Crippen LogP contribution in [0.1, 0.15) is 36.5 Å². The molecule has 0 spiro atoms. The summed E-state index contributed by atoms with van der Waals surface area (Å²) < 4.78 is 0. The molecule has 1 aromatic rings. The van der Waals surface area contributed by atoms with E-state index in [-0.39, 0.29) is 11.6 Å². The molecule has 17 heavy (non-hydrogen) atoms. The standard InChI is InChI=1S/C11H17N3O3/c1-4-6(2)9(11(16)17)12-10(15)8-5-7(3)13-14-8/h5-6,9H,4H2,1-3H3,(H,12,15)(H,13,14)(H,16,17)/t6-,9-/m0/s1. The Balaban J connectivity index is 2.74. The lowest BCUT2D eigenvalue weighted by Gasteiger charge is -2.19. The SMILES string of the molecule is CC[C@H](C)[C@H](NC(=O)c1cc(C)[nH]n1)C(=O)O. The molecular formula is C11H17N3O3. The molecule has 0 bridgehead atoms. The smallest absolute Gasteiger partial charge is 0.326 e. The number of carboxylic acid groups (broad SMARTS) is 1. The van der Waals surface area contributed by atoms with Crippen molar-refractivity contribution in [1.29, 1.82) is 0 Å². The molecule has 0 saturated heterocycles. The number of carbonyl (C=O) groups excluding carboxylic acids is 1. The molecule has 2 atom stereocenters. The number of nitrogens with one attached hydrogen (secondary N) is 2. The molecule has 0 aliphatic carbocycles. The van der Waals surface area contributed by atoms with E-state index in [9.17, 15) is 9.59 Å². The van der Waals surface area contributed by atoms with Crippen LogP contribution in [0.2, 0.25) is 0 Å². The predicted molar refractivity (Wildman–Crippen MR) is 61.7 cm³/mol. The first kappa shape index (κ1) is 13.2. The summed E-state index contributed by atoms with van der Waals surface area (Å²) >= 11 is 0. The maximum Gasteiger partial charge on any atom is 0.326 e. The third kappa shape index (κ3) is 3.30. The van der Waals surface area contributed by atoms with Gasteiger partial charge in [0.1, 0.15) is 11.7 Å². The lowest BCUT2D eigenvalue weighted by atomic mass is 9.99. The number of aromatic nitrogens is 2. The van der Waals surface area contributed by atoms with E-state index in [1.807, 2.05) is 6.92 Å². The summed E-state index contributed by atoms with van der Waals surface area (Å²) in [5, 5.41) is 17.9. The fourth-order valence-corrected chi connectivity index (χ4v) is 1.43. The number of amides is 1. The summed E-state index contributed by atoms with van der Waals surface area (Å²) in [5.41, 5.74) is 0.961. The highest BCUT2D eigenvalue weighted by atomic mass is 16.4. The number of aromatic amines is 1. The summed E-state index contributed by atoms with van der Waals surface area (Å²) in [6.45, 7) is 5.44. The van der Waals surface area contributed by atoms with Gasteiger partial charge in [0.05, 0.1) is 0 Å². The Morgan fingerprint density at radius 2 is 2.24 bits per heavy atom. The first-order valence-electron chi connectivity index (χ1n) is 5.51. The molecule has 0 saturated carbocycles. The Morgan fingerprint density at radius 3 is 2.65 bits per heavy atom. The third-order valence-corrected chi connectivity index (χ3v) is 2.70. The molecule has 0 radical (unpaired) electrons. The molecule has 1 amide bonds. The molecule has 0 aromatic carbocycles. The number of rotatable bonds is 5. The van der Waals surface area contributed by atoms with Crippen molar-refractivity contribution in [3.8, 4) is 0 Å². The van der Waals surface area contributed by atoms with Crippen molar-refractivity contribution in [2.24, 2.45) is 5.92 Å². The minimum Gasteiger partial charge on any atom is -0.480 e. The molecule has 0 unspecified atom stereocenters. The minimum absolute atomic E-state index is 0.128. The average Bonchev–Trinajstić information content (AvgIpc) is 2.71. The molecule has 1 aromatic heterocycles. The maximum absolute atomic E-state index is 11.7. The van der Waals surface area contributed by atoms with Crippen molar-refractivity contribution in [1.82, 2.24) is 15.5 Å². The van der Waals surface area contributed by atoms with Crippen LogP contribution in [0.15, 0.2) is 6.07 Å². The molecule has 1 rings (SSSR count). The van der Waals surface area contributed by atoms with Crippen LogP contribution < -0.4 is 5.32 Å². The first-order valence-corrected chi connectivity index (χ1v) is 5.51. The number of hydrogen-bond acceptors (Lipinski definition) is 3. The summed E-state index contributed by atoms with van der Waals surface area (Å²) in [5.74, 6) is -1.63. The molecule has 3 N–H and O–H groups in total. The lowest BCUT2D eigenvalue weighted by Crippen LogP contribution is -2.45. The van der Waals surface area contributed by atoms with Gasteiger partial charge in [-0.3, -0.25) is 9.89 Å². The highest BCUT2D eigenvalue weighted by Crippen LogP contribution is 2.09. The number of carboxylic acids is 1. The monoisotopic (exact) mass is 239 g/mol. The van der Waals surface area contributed by atoms with Crippen molar-refractivity contribution >= 4 is 11.9 Å². The Kier molecular flexibility index (Phi) is 4.25. The molecule has 1 heterocycles. The van der Waals surface area contributed by atoms with Crippen molar-refractivity contribution < 1.29 is 14.7 Å². The van der Waals surface area contributed by atoms with Gasteiger partial charge in [0.25, 0.3) is 5.91 Å². The van der Waals surface area contributed by atoms with E-state index < -0.39 is 17.9 Å². The highest BCUT2D eigenvalue weighted by Gasteiger charge is 2.26. The Labute approximate surface area is 99.4 Å². The molecular weight excluding hydrogens is 222 g/mol. The molecule has 6 heteroatoms. The van der Waals surface area contributed by atoms with E-state index in [0.717, 1.165) is 5.69 Å². The quantitative estimate of drug-likeness (QED) is 0.712. The molecule has 94 valence electrons. The van der Waals surface area contributed by atoms with Gasteiger partial charge in [-0.05, 0) is 18.9 Å². The van der Waals surface area contributed by atoms with Crippen LogP contribution in [0, 0.1) is 12.8 Å². The van der Waals surface area contributed by atoms with Gasteiger partial charge in [-0.25, -0.2) is 4.79 Å². The van der Waals surface area contributed by atoms with E-state index in [1.54, 1.807) is 19.9 Å². The third-order valence-electron chi connectivity index (χ3n) is 2.70. The Morgan fingerprint density at radius 1 is 1.59 bits per heavy atom. The lowest BCUT2D eigenvalue weighted by molar-refractivity contribution is -0.140. The molecule has 0 fully saturated rings. The fraction of sp³-hybridized carbons (Fsp3) is 0.545. The summed E-state index contributed by atoms with van der Waals surface area (Å²) in [7, 11) is 0. The zero-order valence-corrected chi connectivity index (χ0v) is 10.2. The normalized spacial score (nSPS) is 14.1. The van der Waals surface area contributed by atoms with Crippen LogP contribution in [0.3, 0.4) is 0 Å².